The number of hydrogen-bond acceptors (Lipinski definition) is 4. The van der Waals surface area contributed by atoms with Crippen molar-refractivity contribution >= 4 is 76.5 Å². The minimum absolute atomic E-state index is 0. The molecular formula is C2H6B2LiNaO4. The van der Waals surface area contributed by atoms with Gasteiger partial charge >= 0.3 is 76.5 Å². The van der Waals surface area contributed by atoms with Crippen molar-refractivity contribution in [1.29, 1.82) is 0 Å². The first-order chi connectivity index (χ1) is 3.72. The molecule has 0 saturated heterocycles. The first-order valence-electron chi connectivity index (χ1n) is 1.88. The molecule has 46 valence electrons. The van der Waals surface area contributed by atoms with Crippen LogP contribution in [0.25, 0.3) is 0 Å². The van der Waals surface area contributed by atoms with E-state index in [1.54, 1.807) is 0 Å². The summed E-state index contributed by atoms with van der Waals surface area (Å²) < 4.78 is 7.98. The van der Waals surface area contributed by atoms with Gasteiger partial charge in [0.25, 0.3) is 0 Å². The fourth-order valence-corrected chi connectivity index (χ4v) is 0.167. The van der Waals surface area contributed by atoms with E-state index in [-0.39, 0.29) is 48.4 Å². The first kappa shape index (κ1) is 17.0. The second-order valence-corrected chi connectivity index (χ2v) is 0.983. The molecule has 0 N–H and O–H groups in total. The molecule has 0 rings (SSSR count). The van der Waals surface area contributed by atoms with Gasteiger partial charge in [-0.15, -0.1) is 0 Å². The predicted molar refractivity (Wildman–Crippen MR) is 43.6 cm³/mol. The van der Waals surface area contributed by atoms with E-state index in [0.29, 0.717) is 0 Å². The molecule has 0 atom stereocenters. The Morgan fingerprint density at radius 3 is 1.30 bits per heavy atom. The van der Waals surface area contributed by atoms with Crippen molar-refractivity contribution in [3.8, 4) is 0 Å². The van der Waals surface area contributed by atoms with Crippen molar-refractivity contribution in [3.63, 3.8) is 0 Å². The monoisotopic (exact) mass is 146 g/mol. The van der Waals surface area contributed by atoms with Crippen LogP contribution in [0.2, 0.25) is 0 Å². The normalized spacial score (nSPS) is 6.00. The average Bonchev–Trinajstić information content (AvgIpc) is 1.84. The second kappa shape index (κ2) is 9.67. The molecule has 0 aromatic carbocycles. The van der Waals surface area contributed by atoms with Gasteiger partial charge in [-0.25, -0.2) is 9.59 Å². The Hall–Kier alpha value is 0.667. The minimum atomic E-state index is -0.979. The summed E-state index contributed by atoms with van der Waals surface area (Å²) in [5, 5.41) is 0. The van der Waals surface area contributed by atoms with E-state index in [4.69, 9.17) is 0 Å². The Morgan fingerprint density at radius 2 is 1.20 bits per heavy atom. The van der Waals surface area contributed by atoms with Crippen LogP contribution in [0.15, 0.2) is 0 Å². The zero-order valence-corrected chi connectivity index (χ0v) is 4.63. The number of rotatable bonds is 0. The topological polar surface area (TPSA) is 52.6 Å². The summed E-state index contributed by atoms with van der Waals surface area (Å²) in [5.74, 6) is -1.96. The van der Waals surface area contributed by atoms with Gasteiger partial charge in [0, 0.05) is 0 Å². The zero-order chi connectivity index (χ0) is 6.57. The molecule has 4 nitrogen and oxygen atoms in total. The van der Waals surface area contributed by atoms with Crippen molar-refractivity contribution in [3.05, 3.63) is 0 Å². The van der Waals surface area contributed by atoms with Gasteiger partial charge in [0.2, 0.25) is 0 Å². The van der Waals surface area contributed by atoms with Crippen molar-refractivity contribution in [2.24, 2.45) is 0 Å². The molecule has 0 bridgehead atoms. The first-order valence-corrected chi connectivity index (χ1v) is 1.88. The van der Waals surface area contributed by atoms with Crippen LogP contribution in [0.4, 0.5) is 0 Å². The fourth-order valence-electron chi connectivity index (χ4n) is 0.167. The third-order valence-corrected chi connectivity index (χ3v) is 0.537. The van der Waals surface area contributed by atoms with E-state index in [9.17, 15) is 9.59 Å². The number of hydrogen-bond donors (Lipinski definition) is 0. The molecule has 0 aromatic rings. The third-order valence-electron chi connectivity index (χ3n) is 0.537. The average molecular weight is 146 g/mol. The summed E-state index contributed by atoms with van der Waals surface area (Å²) >= 11 is 0. The van der Waals surface area contributed by atoms with Gasteiger partial charge < -0.3 is 9.31 Å². The van der Waals surface area contributed by atoms with Gasteiger partial charge in [0.05, 0.1) is 0 Å². The molecule has 8 heteroatoms. The van der Waals surface area contributed by atoms with Crippen LogP contribution in [0, 0.1) is 0 Å². The quantitative estimate of drug-likeness (QED) is 0.257. The summed E-state index contributed by atoms with van der Waals surface area (Å²) in [6, 6.07) is 0. The van der Waals surface area contributed by atoms with Crippen LogP contribution < -0.4 is 0 Å². The Balaban J connectivity index is -0.000000245. The predicted octanol–water partition coefficient (Wildman–Crippen LogP) is -4.13. The summed E-state index contributed by atoms with van der Waals surface area (Å²) in [5.41, 5.74) is 0. The zero-order valence-electron chi connectivity index (χ0n) is 4.63. The van der Waals surface area contributed by atoms with E-state index >= 15 is 0 Å². The van der Waals surface area contributed by atoms with Crippen LogP contribution in [-0.2, 0) is 18.9 Å². The molecule has 0 radical (unpaired) electrons. The molecule has 0 aliphatic carbocycles. The van der Waals surface area contributed by atoms with Crippen LogP contribution in [0.3, 0.4) is 0 Å². The van der Waals surface area contributed by atoms with Gasteiger partial charge in [0.1, 0.15) is 0 Å². The molecule has 0 aliphatic heterocycles. The molecule has 0 amide bonds. The Bertz CT molecular complexity index is 106. The Kier molecular flexibility index (Phi) is 16.4. The standard InChI is InChI=1S/C2H4B2O4.Li.Na.2H/c3-7-1(5)2(6)8-4;;;;/h3-4H2;;;;. The van der Waals surface area contributed by atoms with E-state index < -0.39 is 11.9 Å². The van der Waals surface area contributed by atoms with Gasteiger partial charge in [-0.1, -0.05) is 0 Å². The van der Waals surface area contributed by atoms with Gasteiger partial charge in [0.15, 0.2) is 0 Å². The Labute approximate surface area is 94.7 Å². The summed E-state index contributed by atoms with van der Waals surface area (Å²) in [6.45, 7) is 0. The molecule has 10 heavy (non-hydrogen) atoms. The van der Waals surface area contributed by atoms with Gasteiger partial charge in [-0.05, 0) is 0 Å². The summed E-state index contributed by atoms with van der Waals surface area (Å²) in [4.78, 5) is 20.1. The van der Waals surface area contributed by atoms with E-state index in [1.165, 1.54) is 0 Å². The molecule has 0 spiro atoms. The maximum absolute atomic E-state index is 10.0. The molecule has 0 heterocycles. The van der Waals surface area contributed by atoms with E-state index in [0.717, 1.165) is 16.1 Å². The van der Waals surface area contributed by atoms with Crippen molar-refractivity contribution < 1.29 is 18.9 Å². The van der Waals surface area contributed by atoms with Crippen LogP contribution >= 0.6 is 0 Å². The van der Waals surface area contributed by atoms with Gasteiger partial charge in [-0.3, -0.25) is 0 Å². The summed E-state index contributed by atoms with van der Waals surface area (Å²) in [6.07, 6.45) is 0. The van der Waals surface area contributed by atoms with Crippen molar-refractivity contribution in [1.82, 2.24) is 0 Å². The molecule has 0 aliphatic rings. The molecule has 0 aromatic heterocycles. The van der Waals surface area contributed by atoms with E-state index in [2.05, 4.69) is 9.31 Å². The SMILES string of the molecule is BOC(=O)C(=O)OB.[LiH].[NaH]. The summed E-state index contributed by atoms with van der Waals surface area (Å²) in [7, 11) is 2.22. The number of carbonyl (C=O) groups excluding carboxylic acids is 2. The second-order valence-electron chi connectivity index (χ2n) is 0.983. The van der Waals surface area contributed by atoms with E-state index in [1.807, 2.05) is 0 Å². The van der Waals surface area contributed by atoms with Crippen LogP contribution in [-0.4, -0.2) is 76.5 Å². The Morgan fingerprint density at radius 1 is 1.00 bits per heavy atom. The third kappa shape index (κ3) is 6.78. The molecule has 0 saturated carbocycles. The van der Waals surface area contributed by atoms with Crippen LogP contribution in [0.5, 0.6) is 0 Å². The number of carbonyl (C=O) groups is 2. The van der Waals surface area contributed by atoms with Crippen LogP contribution in [0.1, 0.15) is 0 Å². The molecule has 0 unspecified atom stereocenters. The van der Waals surface area contributed by atoms with Crippen molar-refractivity contribution in [2.75, 3.05) is 0 Å². The van der Waals surface area contributed by atoms with Crippen molar-refractivity contribution in [2.45, 2.75) is 0 Å². The maximum atomic E-state index is 10.0. The van der Waals surface area contributed by atoms with Gasteiger partial charge in [-0.2, -0.15) is 0 Å². The fraction of sp³-hybridized carbons (Fsp3) is 0. The molecular weight excluding hydrogens is 140 g/mol. The molecule has 0 fully saturated rings.